The second-order valence-electron chi connectivity index (χ2n) is 3.69. The fraction of sp³-hybridized carbons (Fsp3) is 0.273. The van der Waals surface area contributed by atoms with Crippen LogP contribution in [-0.2, 0) is 0 Å². The number of carbonyl (C=O) groups is 1. The molecule has 0 bridgehead atoms. The van der Waals surface area contributed by atoms with Crippen molar-refractivity contribution in [2.75, 3.05) is 0 Å². The fourth-order valence-electron chi connectivity index (χ4n) is 1.82. The van der Waals surface area contributed by atoms with Gasteiger partial charge in [0.2, 0.25) is 0 Å². The van der Waals surface area contributed by atoms with E-state index in [1.54, 1.807) is 0 Å². The van der Waals surface area contributed by atoms with E-state index in [0.717, 1.165) is 5.56 Å². The molecule has 3 N–H and O–H groups in total. The number of hydrogen-bond acceptors (Lipinski definition) is 3. The first-order chi connectivity index (χ1) is 7.79. The highest BCUT2D eigenvalue weighted by molar-refractivity contribution is 5.81. The highest BCUT2D eigenvalue weighted by Gasteiger charge is 2.25. The van der Waals surface area contributed by atoms with Crippen molar-refractivity contribution in [1.82, 2.24) is 10.6 Å². The summed E-state index contributed by atoms with van der Waals surface area (Å²) >= 11 is 0. The summed E-state index contributed by atoms with van der Waals surface area (Å²) in [5.41, 5.74) is 1.05. The molecular formula is C11H13N3O2. The molecule has 1 aliphatic heterocycles. The van der Waals surface area contributed by atoms with Gasteiger partial charge in [-0.3, -0.25) is 0 Å². The van der Waals surface area contributed by atoms with Gasteiger partial charge >= 0.3 is 6.03 Å². The standard InChI is InChI=1S/C11H13N3O2/c15-11-13-9(7-12-16)6-10(14-11)8-4-2-1-3-5-8/h1-5,7,9-10,16H,6H2,(H2,13,14,15)/b12-7+. The lowest BCUT2D eigenvalue weighted by Gasteiger charge is -2.29. The Morgan fingerprint density at radius 1 is 1.31 bits per heavy atom. The normalized spacial score (nSPS) is 25.1. The summed E-state index contributed by atoms with van der Waals surface area (Å²) in [6.07, 6.45) is 1.99. The van der Waals surface area contributed by atoms with Crippen LogP contribution in [0.3, 0.4) is 0 Å². The van der Waals surface area contributed by atoms with Gasteiger partial charge in [0.15, 0.2) is 0 Å². The molecule has 2 rings (SSSR count). The maximum atomic E-state index is 11.4. The third kappa shape index (κ3) is 2.31. The Hall–Kier alpha value is -2.04. The van der Waals surface area contributed by atoms with E-state index in [1.807, 2.05) is 30.3 Å². The van der Waals surface area contributed by atoms with E-state index in [9.17, 15) is 4.79 Å². The molecule has 1 aromatic carbocycles. The van der Waals surface area contributed by atoms with Crippen LogP contribution in [0.25, 0.3) is 0 Å². The smallest absolute Gasteiger partial charge is 0.315 e. The molecule has 16 heavy (non-hydrogen) atoms. The number of hydrogen-bond donors (Lipinski definition) is 3. The van der Waals surface area contributed by atoms with Crippen molar-refractivity contribution in [2.24, 2.45) is 5.16 Å². The van der Waals surface area contributed by atoms with E-state index in [2.05, 4.69) is 15.8 Å². The van der Waals surface area contributed by atoms with Crippen LogP contribution in [0.15, 0.2) is 35.5 Å². The Morgan fingerprint density at radius 3 is 2.75 bits per heavy atom. The maximum absolute atomic E-state index is 11.4. The van der Waals surface area contributed by atoms with E-state index >= 15 is 0 Å². The van der Waals surface area contributed by atoms with Crippen LogP contribution in [0, 0.1) is 0 Å². The van der Waals surface area contributed by atoms with Gasteiger partial charge in [0.05, 0.1) is 18.3 Å². The van der Waals surface area contributed by atoms with Crippen LogP contribution >= 0.6 is 0 Å². The Balaban J connectivity index is 2.13. The van der Waals surface area contributed by atoms with Gasteiger partial charge in [-0.15, -0.1) is 0 Å². The molecule has 1 heterocycles. The van der Waals surface area contributed by atoms with Crippen LogP contribution in [0.5, 0.6) is 0 Å². The minimum Gasteiger partial charge on any atom is -0.411 e. The van der Waals surface area contributed by atoms with E-state index < -0.39 is 0 Å². The zero-order chi connectivity index (χ0) is 11.4. The number of amides is 2. The lowest BCUT2D eigenvalue weighted by molar-refractivity contribution is 0.225. The minimum atomic E-state index is -0.245. The van der Waals surface area contributed by atoms with Gasteiger partial charge in [0.1, 0.15) is 0 Å². The largest absolute Gasteiger partial charge is 0.411 e. The second kappa shape index (κ2) is 4.65. The first kappa shape index (κ1) is 10.5. The molecular weight excluding hydrogens is 206 g/mol. The summed E-state index contributed by atoms with van der Waals surface area (Å²) in [6, 6.07) is 9.19. The van der Waals surface area contributed by atoms with Crippen molar-refractivity contribution < 1.29 is 10.0 Å². The van der Waals surface area contributed by atoms with Crippen molar-refractivity contribution in [2.45, 2.75) is 18.5 Å². The molecule has 2 unspecified atom stereocenters. The molecule has 1 aliphatic rings. The zero-order valence-corrected chi connectivity index (χ0v) is 8.63. The van der Waals surface area contributed by atoms with Crippen molar-refractivity contribution >= 4 is 12.2 Å². The summed E-state index contributed by atoms with van der Waals surface area (Å²) in [5, 5.41) is 16.9. The molecule has 2 atom stereocenters. The lowest BCUT2D eigenvalue weighted by atomic mass is 9.98. The average Bonchev–Trinajstić information content (AvgIpc) is 2.30. The Labute approximate surface area is 93.2 Å². The Morgan fingerprint density at radius 2 is 2.06 bits per heavy atom. The SMILES string of the molecule is O=C1NC(/C=N/O)CC(c2ccccc2)N1. The molecule has 0 aliphatic carbocycles. The third-order valence-corrected chi connectivity index (χ3v) is 2.56. The number of rotatable bonds is 2. The topological polar surface area (TPSA) is 73.7 Å². The number of nitrogens with zero attached hydrogens (tertiary/aromatic N) is 1. The van der Waals surface area contributed by atoms with Gasteiger partial charge in [0, 0.05) is 0 Å². The van der Waals surface area contributed by atoms with E-state index in [4.69, 9.17) is 5.21 Å². The molecule has 84 valence electrons. The van der Waals surface area contributed by atoms with Crippen molar-refractivity contribution in [1.29, 1.82) is 0 Å². The molecule has 0 spiro atoms. The molecule has 5 heteroatoms. The van der Waals surface area contributed by atoms with Crippen molar-refractivity contribution in [3.05, 3.63) is 35.9 Å². The van der Waals surface area contributed by atoms with Crippen LogP contribution in [0.4, 0.5) is 4.79 Å². The lowest BCUT2D eigenvalue weighted by Crippen LogP contribution is -2.51. The average molecular weight is 219 g/mol. The second-order valence-corrected chi connectivity index (χ2v) is 3.69. The van der Waals surface area contributed by atoms with E-state index in [1.165, 1.54) is 6.21 Å². The van der Waals surface area contributed by atoms with Gasteiger partial charge in [-0.1, -0.05) is 35.5 Å². The molecule has 2 amide bonds. The number of benzene rings is 1. The first-order valence-electron chi connectivity index (χ1n) is 5.09. The summed E-state index contributed by atoms with van der Waals surface area (Å²) in [5.74, 6) is 0. The van der Waals surface area contributed by atoms with Crippen molar-refractivity contribution in [3.63, 3.8) is 0 Å². The quantitative estimate of drug-likeness (QED) is 0.398. The summed E-state index contributed by atoms with van der Waals surface area (Å²) < 4.78 is 0. The molecule has 0 aromatic heterocycles. The molecule has 1 aromatic rings. The predicted octanol–water partition coefficient (Wildman–Crippen LogP) is 1.26. The number of nitrogens with one attached hydrogen (secondary N) is 2. The summed E-state index contributed by atoms with van der Waals surface area (Å²) in [6.45, 7) is 0. The monoisotopic (exact) mass is 219 g/mol. The number of carbonyl (C=O) groups excluding carboxylic acids is 1. The molecule has 1 saturated heterocycles. The molecule has 0 saturated carbocycles. The minimum absolute atomic E-state index is 0.0436. The number of oxime groups is 1. The Bertz CT molecular complexity index is 391. The van der Waals surface area contributed by atoms with E-state index in [-0.39, 0.29) is 18.1 Å². The predicted molar refractivity (Wildman–Crippen MR) is 59.5 cm³/mol. The van der Waals surface area contributed by atoms with Gasteiger partial charge in [-0.25, -0.2) is 4.79 Å². The van der Waals surface area contributed by atoms with Gasteiger partial charge in [-0.2, -0.15) is 0 Å². The van der Waals surface area contributed by atoms with Gasteiger partial charge in [0.25, 0.3) is 0 Å². The Kier molecular flexibility index (Phi) is 3.05. The first-order valence-corrected chi connectivity index (χ1v) is 5.09. The fourth-order valence-corrected chi connectivity index (χ4v) is 1.82. The van der Waals surface area contributed by atoms with Crippen LogP contribution in [0.1, 0.15) is 18.0 Å². The highest BCUT2D eigenvalue weighted by Crippen LogP contribution is 2.20. The highest BCUT2D eigenvalue weighted by atomic mass is 16.4. The molecule has 1 fully saturated rings. The zero-order valence-electron chi connectivity index (χ0n) is 8.63. The molecule has 0 radical (unpaired) electrons. The van der Waals surface area contributed by atoms with Crippen LogP contribution in [0.2, 0.25) is 0 Å². The van der Waals surface area contributed by atoms with Crippen LogP contribution < -0.4 is 10.6 Å². The maximum Gasteiger partial charge on any atom is 0.315 e. The van der Waals surface area contributed by atoms with Gasteiger partial charge < -0.3 is 15.8 Å². The van der Waals surface area contributed by atoms with Crippen LogP contribution in [-0.4, -0.2) is 23.5 Å². The summed E-state index contributed by atoms with van der Waals surface area (Å²) in [7, 11) is 0. The number of urea groups is 1. The van der Waals surface area contributed by atoms with Crippen molar-refractivity contribution in [3.8, 4) is 0 Å². The van der Waals surface area contributed by atoms with Gasteiger partial charge in [-0.05, 0) is 12.0 Å². The third-order valence-electron chi connectivity index (χ3n) is 2.56. The molecule has 5 nitrogen and oxygen atoms in total. The van der Waals surface area contributed by atoms with E-state index in [0.29, 0.717) is 6.42 Å². The summed E-state index contributed by atoms with van der Waals surface area (Å²) in [4.78, 5) is 11.4.